The molecule has 7 nitrogen and oxygen atoms in total. The largest absolute Gasteiger partial charge is 0.342 e. The third-order valence-corrected chi connectivity index (χ3v) is 7.27. The van der Waals surface area contributed by atoms with Crippen LogP contribution < -0.4 is 0 Å². The lowest BCUT2D eigenvalue weighted by Crippen LogP contribution is -2.50. The molecule has 29 heavy (non-hydrogen) atoms. The van der Waals surface area contributed by atoms with E-state index < -0.39 is 0 Å². The third kappa shape index (κ3) is 4.64. The van der Waals surface area contributed by atoms with Crippen molar-refractivity contribution in [2.45, 2.75) is 77.6 Å². The number of amides is 2. The van der Waals surface area contributed by atoms with E-state index in [0.717, 1.165) is 50.5 Å². The molecule has 1 aromatic heterocycles. The van der Waals surface area contributed by atoms with Gasteiger partial charge in [-0.1, -0.05) is 32.1 Å². The zero-order valence-electron chi connectivity index (χ0n) is 17.8. The number of likely N-dealkylation sites (tertiary alicyclic amines) is 2. The van der Waals surface area contributed by atoms with Crippen LogP contribution in [0.1, 0.15) is 75.9 Å². The molecule has 1 saturated carbocycles. The van der Waals surface area contributed by atoms with Crippen molar-refractivity contribution in [2.24, 2.45) is 11.3 Å². The van der Waals surface area contributed by atoms with E-state index in [1.54, 1.807) is 0 Å². The number of H-pyrrole nitrogens is 1. The topological polar surface area (TPSA) is 82.2 Å². The summed E-state index contributed by atoms with van der Waals surface area (Å²) >= 11 is 0. The number of aromatic amines is 1. The first-order valence-electron chi connectivity index (χ1n) is 11.5. The van der Waals surface area contributed by atoms with Gasteiger partial charge in [-0.15, -0.1) is 0 Å². The number of carbonyl (C=O) groups excluding carboxylic acids is 2. The molecule has 0 aromatic carbocycles. The number of nitrogens with zero attached hydrogens (tertiary/aromatic N) is 4. The SMILES string of the molecule is Cc1nc(CCC(=O)N2CCC3(CCCN(CCC4CCCCC4)C3=O)C2)n[nH]1. The predicted octanol–water partition coefficient (Wildman–Crippen LogP) is 2.86. The standard InChI is InChI=1S/C22H35N5O2/c1-17-23-19(25-24-17)8-9-20(28)27-15-12-22(16-27)11-5-13-26(21(22)29)14-10-18-6-3-2-4-7-18/h18H,2-16H2,1H3,(H,23,24,25). The van der Waals surface area contributed by atoms with E-state index in [1.807, 2.05) is 11.8 Å². The van der Waals surface area contributed by atoms with Crippen LogP contribution in [0.25, 0.3) is 0 Å². The number of hydrogen-bond donors (Lipinski definition) is 1. The van der Waals surface area contributed by atoms with Crippen LogP contribution in [0.3, 0.4) is 0 Å². The van der Waals surface area contributed by atoms with Gasteiger partial charge in [-0.3, -0.25) is 14.7 Å². The highest BCUT2D eigenvalue weighted by molar-refractivity contribution is 5.86. The summed E-state index contributed by atoms with van der Waals surface area (Å²) < 4.78 is 0. The van der Waals surface area contributed by atoms with Crippen molar-refractivity contribution >= 4 is 11.8 Å². The lowest BCUT2D eigenvalue weighted by molar-refractivity contribution is -0.146. The van der Waals surface area contributed by atoms with Gasteiger partial charge in [0.2, 0.25) is 11.8 Å². The van der Waals surface area contributed by atoms with Crippen LogP contribution in [0.2, 0.25) is 0 Å². The summed E-state index contributed by atoms with van der Waals surface area (Å²) in [4.78, 5) is 34.3. The monoisotopic (exact) mass is 401 g/mol. The van der Waals surface area contributed by atoms with Gasteiger partial charge in [-0.25, -0.2) is 4.98 Å². The van der Waals surface area contributed by atoms with Gasteiger partial charge in [0, 0.05) is 39.0 Å². The lowest BCUT2D eigenvalue weighted by atomic mass is 9.78. The molecule has 4 rings (SSSR count). The first kappa shape index (κ1) is 20.4. The van der Waals surface area contributed by atoms with E-state index >= 15 is 0 Å². The Labute approximate surface area is 173 Å². The van der Waals surface area contributed by atoms with Crippen molar-refractivity contribution in [3.05, 3.63) is 11.6 Å². The number of aryl methyl sites for hydroxylation is 2. The van der Waals surface area contributed by atoms with Crippen LogP contribution in [-0.4, -0.2) is 63.0 Å². The van der Waals surface area contributed by atoms with Crippen molar-refractivity contribution in [1.29, 1.82) is 0 Å². The summed E-state index contributed by atoms with van der Waals surface area (Å²) in [6, 6.07) is 0. The maximum Gasteiger partial charge on any atom is 0.230 e. The highest BCUT2D eigenvalue weighted by atomic mass is 16.2. The van der Waals surface area contributed by atoms with Crippen LogP contribution in [0, 0.1) is 18.3 Å². The molecule has 2 amide bonds. The Bertz CT molecular complexity index is 727. The number of rotatable bonds is 6. The highest BCUT2D eigenvalue weighted by Crippen LogP contribution is 2.40. The number of aromatic nitrogens is 3. The van der Waals surface area contributed by atoms with Crippen LogP contribution in [0.4, 0.5) is 0 Å². The van der Waals surface area contributed by atoms with Gasteiger partial charge >= 0.3 is 0 Å². The summed E-state index contributed by atoms with van der Waals surface area (Å²) in [6.45, 7) is 4.96. The predicted molar refractivity (Wildman–Crippen MR) is 110 cm³/mol. The molecule has 0 radical (unpaired) electrons. The third-order valence-electron chi connectivity index (χ3n) is 7.27. The second kappa shape index (κ2) is 8.84. The molecule has 2 saturated heterocycles. The highest BCUT2D eigenvalue weighted by Gasteiger charge is 2.49. The molecule has 160 valence electrons. The average Bonchev–Trinajstić information content (AvgIpc) is 3.35. The van der Waals surface area contributed by atoms with E-state index in [4.69, 9.17) is 0 Å². The molecule has 1 spiro atoms. The Balaban J connectivity index is 1.29. The molecule has 3 fully saturated rings. The van der Waals surface area contributed by atoms with E-state index in [1.165, 1.54) is 32.1 Å². The fourth-order valence-corrected chi connectivity index (χ4v) is 5.52. The van der Waals surface area contributed by atoms with Gasteiger partial charge in [0.15, 0.2) is 5.82 Å². The molecule has 3 aliphatic rings. The zero-order chi connectivity index (χ0) is 20.3. The molecule has 3 heterocycles. The van der Waals surface area contributed by atoms with Crippen LogP contribution in [0.15, 0.2) is 0 Å². The molecule has 1 atom stereocenters. The van der Waals surface area contributed by atoms with Gasteiger partial charge < -0.3 is 9.80 Å². The first-order chi connectivity index (χ1) is 14.1. The second-order valence-corrected chi connectivity index (χ2v) is 9.37. The molecule has 1 N–H and O–H groups in total. The van der Waals surface area contributed by atoms with Crippen molar-refractivity contribution in [2.75, 3.05) is 26.2 Å². The fourth-order valence-electron chi connectivity index (χ4n) is 5.52. The van der Waals surface area contributed by atoms with Crippen molar-refractivity contribution in [1.82, 2.24) is 25.0 Å². The minimum atomic E-state index is -0.332. The Morgan fingerprint density at radius 3 is 2.76 bits per heavy atom. The maximum absolute atomic E-state index is 13.3. The number of hydrogen-bond acceptors (Lipinski definition) is 4. The van der Waals surface area contributed by atoms with Crippen molar-refractivity contribution < 1.29 is 9.59 Å². The molecular formula is C22H35N5O2. The minimum absolute atomic E-state index is 0.122. The van der Waals surface area contributed by atoms with E-state index in [2.05, 4.69) is 20.1 Å². The van der Waals surface area contributed by atoms with Crippen LogP contribution in [0.5, 0.6) is 0 Å². The first-order valence-corrected chi connectivity index (χ1v) is 11.5. The zero-order valence-corrected chi connectivity index (χ0v) is 17.8. The molecular weight excluding hydrogens is 366 g/mol. The number of carbonyl (C=O) groups is 2. The Kier molecular flexibility index (Phi) is 6.20. The lowest BCUT2D eigenvalue weighted by Gasteiger charge is -2.40. The van der Waals surface area contributed by atoms with E-state index in [-0.39, 0.29) is 11.3 Å². The summed E-state index contributed by atoms with van der Waals surface area (Å²) in [7, 11) is 0. The molecule has 2 aliphatic heterocycles. The molecule has 0 bridgehead atoms. The molecule has 1 unspecified atom stereocenters. The second-order valence-electron chi connectivity index (χ2n) is 9.37. The summed E-state index contributed by atoms with van der Waals surface area (Å²) in [5.74, 6) is 2.69. The quantitative estimate of drug-likeness (QED) is 0.795. The van der Waals surface area contributed by atoms with Gasteiger partial charge in [0.25, 0.3) is 0 Å². The van der Waals surface area contributed by atoms with Gasteiger partial charge in [-0.2, -0.15) is 5.10 Å². The summed E-state index contributed by atoms with van der Waals surface area (Å²) in [5.41, 5.74) is -0.332. The average molecular weight is 402 g/mol. The van der Waals surface area contributed by atoms with E-state index in [0.29, 0.717) is 37.7 Å². The number of piperidine rings is 1. The van der Waals surface area contributed by atoms with Gasteiger partial charge in [0.05, 0.1) is 5.41 Å². The Morgan fingerprint density at radius 2 is 2.00 bits per heavy atom. The fraction of sp³-hybridized carbons (Fsp3) is 0.818. The van der Waals surface area contributed by atoms with E-state index in [9.17, 15) is 9.59 Å². The molecule has 1 aromatic rings. The maximum atomic E-state index is 13.3. The Morgan fingerprint density at radius 1 is 1.17 bits per heavy atom. The minimum Gasteiger partial charge on any atom is -0.342 e. The van der Waals surface area contributed by atoms with Gasteiger partial charge in [0.1, 0.15) is 5.82 Å². The van der Waals surface area contributed by atoms with Gasteiger partial charge in [-0.05, 0) is 38.5 Å². The van der Waals surface area contributed by atoms with Crippen LogP contribution >= 0.6 is 0 Å². The molecule has 1 aliphatic carbocycles. The number of nitrogens with one attached hydrogen (secondary N) is 1. The molecule has 7 heteroatoms. The van der Waals surface area contributed by atoms with Crippen molar-refractivity contribution in [3.8, 4) is 0 Å². The Hall–Kier alpha value is -1.92. The summed E-state index contributed by atoms with van der Waals surface area (Å²) in [6.07, 6.45) is 11.7. The summed E-state index contributed by atoms with van der Waals surface area (Å²) in [5, 5.41) is 6.93. The van der Waals surface area contributed by atoms with Crippen LogP contribution in [-0.2, 0) is 16.0 Å². The van der Waals surface area contributed by atoms with Crippen molar-refractivity contribution in [3.63, 3.8) is 0 Å². The smallest absolute Gasteiger partial charge is 0.230 e. The normalized spacial score (nSPS) is 25.9.